The number of amides is 1. The fraction of sp³-hybridized carbons (Fsp3) is 0.476. The predicted molar refractivity (Wildman–Crippen MR) is 115 cm³/mol. The highest BCUT2D eigenvalue weighted by Crippen LogP contribution is 2.32. The number of rotatable bonds is 8. The summed E-state index contributed by atoms with van der Waals surface area (Å²) in [5.74, 6) is 0.832. The average Bonchev–Trinajstić information content (AvgIpc) is 3.47. The van der Waals surface area contributed by atoms with Crippen LogP contribution < -0.4 is 5.32 Å². The van der Waals surface area contributed by atoms with E-state index in [4.69, 9.17) is 4.74 Å². The number of thioether (sulfide) groups is 1. The second kappa shape index (κ2) is 9.00. The van der Waals surface area contributed by atoms with Gasteiger partial charge in [0, 0.05) is 35.8 Å². The number of hydrogen-bond donors (Lipinski definition) is 2. The molecule has 3 aromatic rings. The first-order valence-corrected chi connectivity index (χ1v) is 11.1. The summed E-state index contributed by atoms with van der Waals surface area (Å²) >= 11 is 1.45. The van der Waals surface area contributed by atoms with E-state index in [2.05, 4.69) is 37.2 Å². The second-order valence-electron chi connectivity index (χ2n) is 7.35. The Morgan fingerprint density at radius 2 is 2.28 bits per heavy atom. The first-order valence-electron chi connectivity index (χ1n) is 10.2. The number of benzene rings is 1. The normalized spacial score (nSPS) is 17.7. The smallest absolute Gasteiger partial charge is 0.233 e. The van der Waals surface area contributed by atoms with Crippen molar-refractivity contribution in [3.63, 3.8) is 0 Å². The highest BCUT2D eigenvalue weighted by atomic mass is 32.2. The maximum Gasteiger partial charge on any atom is 0.233 e. The Morgan fingerprint density at radius 3 is 3.07 bits per heavy atom. The molecule has 1 saturated heterocycles. The summed E-state index contributed by atoms with van der Waals surface area (Å²) in [6.07, 6.45) is 5.16. The number of carbonyl (C=O) groups is 1. The van der Waals surface area contributed by atoms with Crippen molar-refractivity contribution in [2.45, 2.75) is 56.2 Å². The molecule has 1 fully saturated rings. The molecule has 154 valence electrons. The number of aromatic amines is 1. The van der Waals surface area contributed by atoms with Crippen molar-refractivity contribution >= 4 is 28.6 Å². The molecule has 0 radical (unpaired) electrons. The SMILES string of the molecule is CCCNC(=O)C(C)Sc1nnc(-c2c[nH]c3ccccc23)n1CC1CCCO1. The summed E-state index contributed by atoms with van der Waals surface area (Å²) in [5, 5.41) is 13.5. The minimum atomic E-state index is -0.246. The van der Waals surface area contributed by atoms with Crippen LogP contribution in [0.3, 0.4) is 0 Å². The van der Waals surface area contributed by atoms with Crippen molar-refractivity contribution in [1.82, 2.24) is 25.1 Å². The Bertz CT molecular complexity index is 977. The molecule has 8 heteroatoms. The van der Waals surface area contributed by atoms with Gasteiger partial charge in [0.15, 0.2) is 11.0 Å². The van der Waals surface area contributed by atoms with E-state index in [-0.39, 0.29) is 17.3 Å². The Hall–Kier alpha value is -2.32. The molecular formula is C21H27N5O2S. The minimum absolute atomic E-state index is 0.0251. The summed E-state index contributed by atoms with van der Waals surface area (Å²) in [4.78, 5) is 15.7. The van der Waals surface area contributed by atoms with Crippen LogP contribution in [0.1, 0.15) is 33.1 Å². The number of para-hydroxylation sites is 1. The van der Waals surface area contributed by atoms with E-state index in [1.165, 1.54) is 11.8 Å². The van der Waals surface area contributed by atoms with Gasteiger partial charge in [-0.15, -0.1) is 10.2 Å². The number of carbonyl (C=O) groups excluding carboxylic acids is 1. The van der Waals surface area contributed by atoms with E-state index in [9.17, 15) is 4.79 Å². The molecule has 1 aromatic carbocycles. The van der Waals surface area contributed by atoms with Gasteiger partial charge in [-0.3, -0.25) is 9.36 Å². The van der Waals surface area contributed by atoms with Crippen LogP contribution in [0.25, 0.3) is 22.3 Å². The summed E-state index contributed by atoms with van der Waals surface area (Å²) in [5.41, 5.74) is 2.08. The first kappa shape index (κ1) is 20.0. The second-order valence-corrected chi connectivity index (χ2v) is 8.66. The molecule has 1 aliphatic heterocycles. The van der Waals surface area contributed by atoms with E-state index in [1.54, 1.807) is 0 Å². The number of nitrogens with zero attached hydrogens (tertiary/aromatic N) is 3. The van der Waals surface area contributed by atoms with Crippen LogP contribution in [0.2, 0.25) is 0 Å². The van der Waals surface area contributed by atoms with Crippen molar-refractivity contribution in [1.29, 1.82) is 0 Å². The van der Waals surface area contributed by atoms with E-state index in [1.807, 2.05) is 32.2 Å². The summed E-state index contributed by atoms with van der Waals surface area (Å²) in [6.45, 7) is 6.13. The summed E-state index contributed by atoms with van der Waals surface area (Å²) in [7, 11) is 0. The molecule has 3 heterocycles. The first-order chi connectivity index (χ1) is 14.2. The Labute approximate surface area is 174 Å². The zero-order chi connectivity index (χ0) is 20.2. The zero-order valence-corrected chi connectivity index (χ0v) is 17.7. The molecule has 0 bridgehead atoms. The Kier molecular flexibility index (Phi) is 6.20. The van der Waals surface area contributed by atoms with Crippen molar-refractivity contribution in [3.8, 4) is 11.4 Å². The molecule has 0 aliphatic carbocycles. The van der Waals surface area contributed by atoms with Gasteiger partial charge in [-0.1, -0.05) is 36.9 Å². The minimum Gasteiger partial charge on any atom is -0.376 e. The van der Waals surface area contributed by atoms with Crippen molar-refractivity contribution < 1.29 is 9.53 Å². The number of fused-ring (bicyclic) bond motifs is 1. The lowest BCUT2D eigenvalue weighted by Crippen LogP contribution is -2.31. The largest absolute Gasteiger partial charge is 0.376 e. The fourth-order valence-electron chi connectivity index (χ4n) is 3.59. The number of aromatic nitrogens is 4. The summed E-state index contributed by atoms with van der Waals surface area (Å²) < 4.78 is 7.98. The number of ether oxygens (including phenoxy) is 1. The van der Waals surface area contributed by atoms with Gasteiger partial charge in [0.1, 0.15) is 0 Å². The lowest BCUT2D eigenvalue weighted by atomic mass is 10.1. The Morgan fingerprint density at radius 1 is 1.41 bits per heavy atom. The third-order valence-corrected chi connectivity index (χ3v) is 6.24. The van der Waals surface area contributed by atoms with Crippen LogP contribution in [0.5, 0.6) is 0 Å². The standard InChI is InChI=1S/C21H27N5O2S/c1-3-10-22-20(27)14(2)29-21-25-24-19(26(21)13-15-7-6-11-28-15)17-12-23-18-9-5-4-8-16(17)18/h4-5,8-9,12,14-15,23H,3,6-7,10-11,13H2,1-2H3,(H,22,27). The van der Waals surface area contributed by atoms with Gasteiger partial charge in [-0.05, 0) is 32.3 Å². The number of H-pyrrole nitrogens is 1. The molecule has 0 saturated carbocycles. The maximum atomic E-state index is 12.4. The van der Waals surface area contributed by atoms with Gasteiger partial charge in [0.05, 0.1) is 17.9 Å². The maximum absolute atomic E-state index is 12.4. The highest BCUT2D eigenvalue weighted by molar-refractivity contribution is 8.00. The lowest BCUT2D eigenvalue weighted by molar-refractivity contribution is -0.120. The molecule has 2 aromatic heterocycles. The van der Waals surface area contributed by atoms with Gasteiger partial charge < -0.3 is 15.0 Å². The molecule has 1 aliphatic rings. The van der Waals surface area contributed by atoms with E-state index in [0.717, 1.165) is 53.3 Å². The van der Waals surface area contributed by atoms with Crippen molar-refractivity contribution in [2.24, 2.45) is 0 Å². The fourth-order valence-corrected chi connectivity index (χ4v) is 4.47. The molecule has 2 N–H and O–H groups in total. The van der Waals surface area contributed by atoms with Crippen LogP contribution in [-0.4, -0.2) is 50.2 Å². The van der Waals surface area contributed by atoms with Crippen LogP contribution in [0, 0.1) is 0 Å². The molecule has 1 amide bonds. The van der Waals surface area contributed by atoms with Crippen LogP contribution in [0.4, 0.5) is 0 Å². The molecule has 2 atom stereocenters. The van der Waals surface area contributed by atoms with Crippen molar-refractivity contribution in [2.75, 3.05) is 13.2 Å². The van der Waals surface area contributed by atoms with Gasteiger partial charge in [-0.25, -0.2) is 0 Å². The quantitative estimate of drug-likeness (QED) is 0.551. The van der Waals surface area contributed by atoms with Crippen LogP contribution >= 0.6 is 11.8 Å². The average molecular weight is 414 g/mol. The third kappa shape index (κ3) is 4.33. The van der Waals surface area contributed by atoms with Gasteiger partial charge >= 0.3 is 0 Å². The monoisotopic (exact) mass is 413 g/mol. The molecule has 0 spiro atoms. The lowest BCUT2D eigenvalue weighted by Gasteiger charge is -2.16. The van der Waals surface area contributed by atoms with E-state index < -0.39 is 0 Å². The van der Waals surface area contributed by atoms with Crippen LogP contribution in [-0.2, 0) is 16.1 Å². The van der Waals surface area contributed by atoms with Crippen molar-refractivity contribution in [3.05, 3.63) is 30.5 Å². The number of nitrogens with one attached hydrogen (secondary N) is 2. The zero-order valence-electron chi connectivity index (χ0n) is 16.9. The number of hydrogen-bond acceptors (Lipinski definition) is 5. The summed E-state index contributed by atoms with van der Waals surface area (Å²) in [6, 6.07) is 8.17. The molecule has 2 unspecified atom stereocenters. The molecule has 4 rings (SSSR count). The Balaban J connectivity index is 1.65. The van der Waals surface area contributed by atoms with Gasteiger partial charge in [0.25, 0.3) is 0 Å². The van der Waals surface area contributed by atoms with E-state index >= 15 is 0 Å². The highest BCUT2D eigenvalue weighted by Gasteiger charge is 2.25. The molecular weight excluding hydrogens is 386 g/mol. The third-order valence-electron chi connectivity index (χ3n) is 5.16. The topological polar surface area (TPSA) is 84.8 Å². The molecule has 7 nitrogen and oxygen atoms in total. The predicted octanol–water partition coefficient (Wildman–Crippen LogP) is 3.61. The van der Waals surface area contributed by atoms with Gasteiger partial charge in [-0.2, -0.15) is 0 Å². The van der Waals surface area contributed by atoms with Gasteiger partial charge in [0.2, 0.25) is 5.91 Å². The van der Waals surface area contributed by atoms with Crippen LogP contribution in [0.15, 0.2) is 35.6 Å². The molecule has 29 heavy (non-hydrogen) atoms. The van der Waals surface area contributed by atoms with E-state index in [0.29, 0.717) is 13.1 Å².